The molecule has 1 heterocycles. The number of piperidine rings is 1. The van der Waals surface area contributed by atoms with E-state index in [9.17, 15) is 10.1 Å². The molecule has 8 heteroatoms. The molecule has 0 amide bonds. The van der Waals surface area contributed by atoms with E-state index in [1.165, 1.54) is 6.07 Å². The number of hydrogen-bond acceptors (Lipinski definition) is 4. The van der Waals surface area contributed by atoms with Crippen LogP contribution in [0.3, 0.4) is 0 Å². The molecule has 150 valence electrons. The molecule has 0 radical (unpaired) electrons. The van der Waals surface area contributed by atoms with Crippen LogP contribution >= 0.6 is 24.0 Å². The number of nitro groups is 1. The summed E-state index contributed by atoms with van der Waals surface area (Å²) in [5, 5.41) is 14.2. The number of halogens is 1. The van der Waals surface area contributed by atoms with Crippen molar-refractivity contribution in [2.24, 2.45) is 4.99 Å². The minimum Gasteiger partial charge on any atom is -0.490 e. The molecule has 2 aromatic carbocycles. The monoisotopic (exact) mass is 496 g/mol. The van der Waals surface area contributed by atoms with Gasteiger partial charge in [0, 0.05) is 51.7 Å². The van der Waals surface area contributed by atoms with Crippen LogP contribution in [-0.2, 0) is 6.54 Å². The molecule has 2 aromatic rings. The number of nitrogens with zero attached hydrogens (tertiary/aromatic N) is 3. The van der Waals surface area contributed by atoms with Gasteiger partial charge in [0.05, 0.1) is 4.92 Å². The Kier molecular flexibility index (Phi) is 8.49. The van der Waals surface area contributed by atoms with Gasteiger partial charge in [-0.15, -0.1) is 24.0 Å². The summed E-state index contributed by atoms with van der Waals surface area (Å²) in [6, 6.07) is 16.5. The maximum Gasteiger partial charge on any atom is 0.269 e. The van der Waals surface area contributed by atoms with Crippen LogP contribution in [0.4, 0.5) is 5.69 Å². The quantitative estimate of drug-likeness (QED) is 0.224. The zero-order valence-corrected chi connectivity index (χ0v) is 18.1. The second kappa shape index (κ2) is 10.8. The summed E-state index contributed by atoms with van der Waals surface area (Å²) in [5.41, 5.74) is 0.954. The summed E-state index contributed by atoms with van der Waals surface area (Å²) in [5.74, 6) is 1.71. The molecule has 1 aliphatic heterocycles. The van der Waals surface area contributed by atoms with Crippen molar-refractivity contribution in [2.45, 2.75) is 25.5 Å². The van der Waals surface area contributed by atoms with Crippen molar-refractivity contribution in [2.75, 3.05) is 20.1 Å². The van der Waals surface area contributed by atoms with Crippen molar-refractivity contribution in [1.29, 1.82) is 0 Å². The number of hydrogen-bond donors (Lipinski definition) is 1. The lowest BCUT2D eigenvalue weighted by Gasteiger charge is -2.34. The van der Waals surface area contributed by atoms with Crippen LogP contribution in [-0.4, -0.2) is 42.0 Å². The first-order valence-electron chi connectivity index (χ1n) is 9.06. The lowest BCUT2D eigenvalue weighted by atomic mass is 10.1. The van der Waals surface area contributed by atoms with E-state index in [1.54, 1.807) is 19.2 Å². The molecule has 0 bridgehead atoms. The maximum absolute atomic E-state index is 10.9. The zero-order valence-electron chi connectivity index (χ0n) is 15.8. The standard InChI is InChI=1S/C20H24N4O3.HI/c1-21-20(22-15-16-6-5-7-17(14-16)24(25)26)23-12-10-19(11-13-23)27-18-8-3-2-4-9-18;/h2-9,14,19H,10-13,15H2,1H3,(H,21,22);1H. The normalized spacial score (nSPS) is 14.9. The number of ether oxygens (including phenoxy) is 1. The lowest BCUT2D eigenvalue weighted by Crippen LogP contribution is -2.47. The molecule has 3 rings (SSSR count). The van der Waals surface area contributed by atoms with Gasteiger partial charge in [0.25, 0.3) is 5.69 Å². The maximum atomic E-state index is 10.9. The van der Waals surface area contributed by atoms with E-state index in [0.717, 1.165) is 43.2 Å². The van der Waals surface area contributed by atoms with Crippen LogP contribution in [0.25, 0.3) is 0 Å². The second-order valence-corrected chi connectivity index (χ2v) is 6.45. The smallest absolute Gasteiger partial charge is 0.269 e. The molecule has 0 atom stereocenters. The summed E-state index contributed by atoms with van der Waals surface area (Å²) in [7, 11) is 1.75. The fourth-order valence-corrected chi connectivity index (χ4v) is 3.17. The number of nitro benzene ring substituents is 1. The zero-order chi connectivity index (χ0) is 19.1. The van der Waals surface area contributed by atoms with Gasteiger partial charge in [-0.05, 0) is 17.7 Å². The van der Waals surface area contributed by atoms with E-state index in [4.69, 9.17) is 4.74 Å². The first kappa shape index (κ1) is 21.9. The van der Waals surface area contributed by atoms with Crippen molar-refractivity contribution in [3.8, 4) is 5.75 Å². The molecule has 0 aromatic heterocycles. The number of para-hydroxylation sites is 1. The fraction of sp³-hybridized carbons (Fsp3) is 0.350. The highest BCUT2D eigenvalue weighted by Crippen LogP contribution is 2.19. The molecule has 1 N–H and O–H groups in total. The average molecular weight is 496 g/mol. The number of aliphatic imine (C=N–C) groups is 1. The number of non-ortho nitro benzene ring substituents is 1. The Hall–Kier alpha value is -2.36. The summed E-state index contributed by atoms with van der Waals surface area (Å²) < 4.78 is 6.03. The molecular formula is C20H25IN4O3. The predicted molar refractivity (Wildman–Crippen MR) is 120 cm³/mol. The third-order valence-corrected chi connectivity index (χ3v) is 4.57. The van der Waals surface area contributed by atoms with E-state index in [1.807, 2.05) is 36.4 Å². The third kappa shape index (κ3) is 6.08. The molecule has 1 saturated heterocycles. The SMILES string of the molecule is CN=C(NCc1cccc([N+](=O)[O-])c1)N1CCC(Oc2ccccc2)CC1.I. The summed E-state index contributed by atoms with van der Waals surface area (Å²) in [6.45, 7) is 2.20. The Morgan fingerprint density at radius 3 is 2.57 bits per heavy atom. The molecule has 0 saturated carbocycles. The molecule has 7 nitrogen and oxygen atoms in total. The predicted octanol–water partition coefficient (Wildman–Crippen LogP) is 3.83. The highest BCUT2D eigenvalue weighted by Gasteiger charge is 2.22. The minimum atomic E-state index is -0.379. The first-order valence-corrected chi connectivity index (χ1v) is 9.06. The number of benzene rings is 2. The van der Waals surface area contributed by atoms with Crippen LogP contribution in [0.5, 0.6) is 5.75 Å². The lowest BCUT2D eigenvalue weighted by molar-refractivity contribution is -0.384. The van der Waals surface area contributed by atoms with Gasteiger partial charge in [0.2, 0.25) is 0 Å². The molecule has 0 aliphatic carbocycles. The van der Waals surface area contributed by atoms with Gasteiger partial charge < -0.3 is 15.0 Å². The Bertz CT molecular complexity index is 793. The molecule has 28 heavy (non-hydrogen) atoms. The first-order chi connectivity index (χ1) is 13.2. The van der Waals surface area contributed by atoms with Crippen LogP contribution in [0.15, 0.2) is 59.6 Å². The van der Waals surface area contributed by atoms with Gasteiger partial charge in [-0.2, -0.15) is 0 Å². The van der Waals surface area contributed by atoms with Crippen LogP contribution in [0.2, 0.25) is 0 Å². The fourth-order valence-electron chi connectivity index (χ4n) is 3.17. The molecular weight excluding hydrogens is 471 g/mol. The van der Waals surface area contributed by atoms with E-state index < -0.39 is 0 Å². The largest absolute Gasteiger partial charge is 0.490 e. The Labute approximate surface area is 182 Å². The van der Waals surface area contributed by atoms with Crippen molar-refractivity contribution in [3.63, 3.8) is 0 Å². The summed E-state index contributed by atoms with van der Waals surface area (Å²) in [6.07, 6.45) is 2.05. The number of likely N-dealkylation sites (tertiary alicyclic amines) is 1. The minimum absolute atomic E-state index is 0. The Balaban J connectivity index is 0.00000280. The van der Waals surface area contributed by atoms with Crippen molar-refractivity contribution >= 4 is 35.6 Å². The van der Waals surface area contributed by atoms with E-state index in [2.05, 4.69) is 15.2 Å². The van der Waals surface area contributed by atoms with Gasteiger partial charge in [-0.25, -0.2) is 0 Å². The van der Waals surface area contributed by atoms with Gasteiger partial charge >= 0.3 is 0 Å². The van der Waals surface area contributed by atoms with Crippen LogP contribution in [0.1, 0.15) is 18.4 Å². The van der Waals surface area contributed by atoms with Gasteiger partial charge in [-0.1, -0.05) is 30.3 Å². The number of rotatable bonds is 5. The summed E-state index contributed by atoms with van der Waals surface area (Å²) in [4.78, 5) is 17.1. The topological polar surface area (TPSA) is 80.0 Å². The Morgan fingerprint density at radius 1 is 1.21 bits per heavy atom. The molecule has 1 fully saturated rings. The van der Waals surface area contributed by atoms with Crippen molar-refractivity contribution in [3.05, 3.63) is 70.3 Å². The van der Waals surface area contributed by atoms with Crippen molar-refractivity contribution in [1.82, 2.24) is 10.2 Å². The highest BCUT2D eigenvalue weighted by molar-refractivity contribution is 14.0. The second-order valence-electron chi connectivity index (χ2n) is 6.45. The molecule has 1 aliphatic rings. The van der Waals surface area contributed by atoms with E-state index >= 15 is 0 Å². The van der Waals surface area contributed by atoms with Crippen LogP contribution < -0.4 is 10.1 Å². The van der Waals surface area contributed by atoms with Gasteiger partial charge in [-0.3, -0.25) is 15.1 Å². The van der Waals surface area contributed by atoms with Crippen LogP contribution in [0, 0.1) is 10.1 Å². The van der Waals surface area contributed by atoms with Gasteiger partial charge in [0.1, 0.15) is 11.9 Å². The Morgan fingerprint density at radius 2 is 1.93 bits per heavy atom. The number of guanidine groups is 1. The third-order valence-electron chi connectivity index (χ3n) is 4.57. The average Bonchev–Trinajstić information content (AvgIpc) is 2.70. The van der Waals surface area contributed by atoms with Gasteiger partial charge in [0.15, 0.2) is 5.96 Å². The van der Waals surface area contributed by atoms with Crippen molar-refractivity contribution < 1.29 is 9.66 Å². The number of nitrogens with one attached hydrogen (secondary N) is 1. The molecule has 0 unspecified atom stereocenters. The van der Waals surface area contributed by atoms with E-state index in [-0.39, 0.29) is 40.7 Å². The molecule has 0 spiro atoms. The summed E-state index contributed by atoms with van der Waals surface area (Å²) >= 11 is 0. The highest BCUT2D eigenvalue weighted by atomic mass is 127. The van der Waals surface area contributed by atoms with E-state index in [0.29, 0.717) is 6.54 Å².